The van der Waals surface area contributed by atoms with E-state index in [1.807, 2.05) is 45.0 Å². The van der Waals surface area contributed by atoms with E-state index in [0.29, 0.717) is 32.5 Å². The van der Waals surface area contributed by atoms with E-state index in [0.717, 1.165) is 22.5 Å². The van der Waals surface area contributed by atoms with Gasteiger partial charge in [0.05, 0.1) is 28.2 Å². The van der Waals surface area contributed by atoms with Crippen LogP contribution in [0.3, 0.4) is 0 Å². The lowest BCUT2D eigenvalue weighted by Gasteiger charge is -2.18. The highest BCUT2D eigenvalue weighted by Gasteiger charge is 2.41. The Labute approximate surface area is 184 Å². The van der Waals surface area contributed by atoms with Crippen LogP contribution in [0.5, 0.6) is 0 Å². The third-order valence-electron chi connectivity index (χ3n) is 5.26. The largest absolute Gasteiger partial charge is 0.468 e. The molecule has 6 heteroatoms. The van der Waals surface area contributed by atoms with Gasteiger partial charge < -0.3 is 4.42 Å². The number of aryl methyl sites for hydroxylation is 2. The van der Waals surface area contributed by atoms with Gasteiger partial charge in [-0.3, -0.25) is 9.59 Å². The maximum atomic E-state index is 13.5. The number of benzene rings is 2. The van der Waals surface area contributed by atoms with Crippen molar-refractivity contribution >= 4 is 46.4 Å². The molecule has 1 aliphatic rings. The number of imide groups is 1. The SMILES string of the molecule is Cc1ccc(C2=C(SCc3ccco3)C(=O)N(c3cccc(Cl)c3C)C2=O)cc1C. The van der Waals surface area contributed by atoms with E-state index in [1.165, 1.54) is 16.7 Å². The number of nitrogens with zero attached hydrogens (tertiary/aromatic N) is 1. The Morgan fingerprint density at radius 3 is 2.47 bits per heavy atom. The Bertz CT molecular complexity index is 1180. The number of furan rings is 1. The highest BCUT2D eigenvalue weighted by atomic mass is 35.5. The van der Waals surface area contributed by atoms with Crippen LogP contribution in [0.15, 0.2) is 64.1 Å². The van der Waals surface area contributed by atoms with Crippen molar-refractivity contribution in [3.8, 4) is 0 Å². The summed E-state index contributed by atoms with van der Waals surface area (Å²) in [7, 11) is 0. The molecule has 30 heavy (non-hydrogen) atoms. The van der Waals surface area contributed by atoms with E-state index in [9.17, 15) is 9.59 Å². The summed E-state index contributed by atoms with van der Waals surface area (Å²) < 4.78 is 5.41. The molecule has 0 saturated carbocycles. The predicted molar refractivity (Wildman–Crippen MR) is 122 cm³/mol. The van der Waals surface area contributed by atoms with Gasteiger partial charge in [-0.25, -0.2) is 4.90 Å². The molecule has 0 bridgehead atoms. The first-order valence-electron chi connectivity index (χ1n) is 9.49. The average Bonchev–Trinajstić information content (AvgIpc) is 3.31. The minimum Gasteiger partial charge on any atom is -0.468 e. The zero-order chi connectivity index (χ0) is 21.4. The summed E-state index contributed by atoms with van der Waals surface area (Å²) in [5.41, 5.74) is 4.54. The zero-order valence-corrected chi connectivity index (χ0v) is 18.4. The Morgan fingerprint density at radius 2 is 1.77 bits per heavy atom. The fraction of sp³-hybridized carbons (Fsp3) is 0.167. The molecule has 0 saturated heterocycles. The van der Waals surface area contributed by atoms with Crippen molar-refractivity contribution in [1.82, 2.24) is 0 Å². The molecule has 0 N–H and O–H groups in total. The first-order chi connectivity index (χ1) is 14.4. The molecule has 1 aliphatic heterocycles. The van der Waals surface area contributed by atoms with Crippen molar-refractivity contribution in [3.05, 3.63) is 92.7 Å². The zero-order valence-electron chi connectivity index (χ0n) is 16.9. The number of amides is 2. The highest BCUT2D eigenvalue weighted by molar-refractivity contribution is 8.03. The van der Waals surface area contributed by atoms with Gasteiger partial charge in [0.25, 0.3) is 11.8 Å². The van der Waals surface area contributed by atoms with Crippen LogP contribution in [0.1, 0.15) is 28.0 Å². The molecule has 152 valence electrons. The van der Waals surface area contributed by atoms with Crippen molar-refractivity contribution in [2.45, 2.75) is 26.5 Å². The van der Waals surface area contributed by atoms with Crippen LogP contribution in [0.2, 0.25) is 5.02 Å². The first kappa shape index (κ1) is 20.5. The quantitative estimate of drug-likeness (QED) is 0.454. The van der Waals surface area contributed by atoms with Gasteiger partial charge in [-0.2, -0.15) is 0 Å². The molecule has 4 nitrogen and oxygen atoms in total. The molecule has 0 fully saturated rings. The summed E-state index contributed by atoms with van der Waals surface area (Å²) in [4.78, 5) is 28.6. The fourth-order valence-electron chi connectivity index (χ4n) is 3.39. The topological polar surface area (TPSA) is 50.5 Å². The highest BCUT2D eigenvalue weighted by Crippen LogP contribution is 2.41. The van der Waals surface area contributed by atoms with Gasteiger partial charge in [0, 0.05) is 5.02 Å². The maximum Gasteiger partial charge on any atom is 0.272 e. The van der Waals surface area contributed by atoms with Crippen LogP contribution >= 0.6 is 23.4 Å². The Morgan fingerprint density at radius 1 is 0.967 bits per heavy atom. The monoisotopic (exact) mass is 437 g/mol. The van der Waals surface area contributed by atoms with Crippen LogP contribution in [-0.2, 0) is 15.3 Å². The van der Waals surface area contributed by atoms with E-state index in [4.69, 9.17) is 16.0 Å². The molecule has 0 aliphatic carbocycles. The Kier molecular flexibility index (Phi) is 5.58. The number of thioether (sulfide) groups is 1. The van der Waals surface area contributed by atoms with Gasteiger partial charge in [0.15, 0.2) is 0 Å². The van der Waals surface area contributed by atoms with Gasteiger partial charge in [-0.05, 0) is 67.3 Å². The number of hydrogen-bond acceptors (Lipinski definition) is 4. The minimum absolute atomic E-state index is 0.337. The van der Waals surface area contributed by atoms with Gasteiger partial charge >= 0.3 is 0 Å². The molecule has 0 spiro atoms. The number of hydrogen-bond donors (Lipinski definition) is 0. The van der Waals surface area contributed by atoms with Crippen molar-refractivity contribution < 1.29 is 14.0 Å². The van der Waals surface area contributed by atoms with Crippen molar-refractivity contribution in [3.63, 3.8) is 0 Å². The van der Waals surface area contributed by atoms with Gasteiger partial charge in [-0.15, -0.1) is 11.8 Å². The van der Waals surface area contributed by atoms with Crippen molar-refractivity contribution in [1.29, 1.82) is 0 Å². The minimum atomic E-state index is -0.338. The standard InChI is InChI=1S/C24H20ClNO3S/c1-14-9-10-17(12-15(14)2)21-22(30-13-18-6-5-11-29-18)24(28)26(23(21)27)20-8-4-7-19(25)16(20)3/h4-12H,13H2,1-3H3. The third kappa shape index (κ3) is 3.59. The Balaban J connectivity index is 1.81. The van der Waals surface area contributed by atoms with Crippen LogP contribution in [0.4, 0.5) is 5.69 Å². The van der Waals surface area contributed by atoms with Gasteiger partial charge in [-0.1, -0.05) is 35.9 Å². The molecule has 2 amide bonds. The molecule has 0 radical (unpaired) electrons. The maximum absolute atomic E-state index is 13.5. The number of halogens is 1. The molecule has 2 aromatic carbocycles. The van der Waals surface area contributed by atoms with Crippen LogP contribution in [-0.4, -0.2) is 11.8 Å². The summed E-state index contributed by atoms with van der Waals surface area (Å²) in [6, 6.07) is 14.7. The first-order valence-corrected chi connectivity index (χ1v) is 10.9. The average molecular weight is 438 g/mol. The summed E-state index contributed by atoms with van der Waals surface area (Å²) in [5.74, 6) is 0.521. The lowest BCUT2D eigenvalue weighted by Crippen LogP contribution is -2.32. The van der Waals surface area contributed by atoms with E-state index in [-0.39, 0.29) is 11.8 Å². The molecular weight excluding hydrogens is 418 g/mol. The fourth-order valence-corrected chi connectivity index (χ4v) is 4.57. The molecule has 2 heterocycles. The van der Waals surface area contributed by atoms with E-state index < -0.39 is 0 Å². The number of carbonyl (C=O) groups excluding carboxylic acids is 2. The second-order valence-electron chi connectivity index (χ2n) is 7.20. The molecular formula is C24H20ClNO3S. The Hall–Kier alpha value is -2.76. The van der Waals surface area contributed by atoms with Crippen LogP contribution in [0, 0.1) is 20.8 Å². The van der Waals surface area contributed by atoms with E-state index >= 15 is 0 Å². The summed E-state index contributed by atoms with van der Waals surface area (Å²) >= 11 is 7.58. The summed E-state index contributed by atoms with van der Waals surface area (Å²) in [6.45, 7) is 5.82. The van der Waals surface area contributed by atoms with Crippen molar-refractivity contribution in [2.24, 2.45) is 0 Å². The molecule has 0 unspecified atom stereocenters. The summed E-state index contributed by atoms with van der Waals surface area (Å²) in [6.07, 6.45) is 1.60. The third-order valence-corrected chi connectivity index (χ3v) is 6.76. The molecule has 4 rings (SSSR count). The molecule has 1 aromatic heterocycles. The lowest BCUT2D eigenvalue weighted by molar-refractivity contribution is -0.119. The summed E-state index contributed by atoms with van der Waals surface area (Å²) in [5, 5.41) is 0.512. The van der Waals surface area contributed by atoms with Crippen LogP contribution in [0.25, 0.3) is 5.57 Å². The van der Waals surface area contributed by atoms with E-state index in [1.54, 1.807) is 30.5 Å². The number of rotatable bonds is 5. The second kappa shape index (κ2) is 8.17. The number of carbonyl (C=O) groups is 2. The van der Waals surface area contributed by atoms with E-state index in [2.05, 4.69) is 0 Å². The normalized spacial score (nSPS) is 14.2. The lowest BCUT2D eigenvalue weighted by atomic mass is 10.0. The second-order valence-corrected chi connectivity index (χ2v) is 8.59. The van der Waals surface area contributed by atoms with Crippen molar-refractivity contribution in [2.75, 3.05) is 4.90 Å². The number of anilines is 1. The smallest absolute Gasteiger partial charge is 0.272 e. The predicted octanol–water partition coefficient (Wildman–Crippen LogP) is 6.08. The molecule has 0 atom stereocenters. The molecule has 3 aromatic rings. The van der Waals surface area contributed by atoms with Gasteiger partial charge in [0.2, 0.25) is 0 Å². The van der Waals surface area contributed by atoms with Gasteiger partial charge in [0.1, 0.15) is 5.76 Å². The van der Waals surface area contributed by atoms with Crippen LogP contribution < -0.4 is 4.90 Å².